The highest BCUT2D eigenvalue weighted by Crippen LogP contribution is 2.23. The second-order valence-electron chi connectivity index (χ2n) is 4.78. The van der Waals surface area contributed by atoms with E-state index in [0.29, 0.717) is 18.0 Å². The van der Waals surface area contributed by atoms with Gasteiger partial charge in [-0.1, -0.05) is 12.1 Å². The van der Waals surface area contributed by atoms with Crippen LogP contribution in [0.1, 0.15) is 23.2 Å². The molecule has 0 radical (unpaired) electrons. The number of carbonyl (C=O) groups is 2. The summed E-state index contributed by atoms with van der Waals surface area (Å²) in [5, 5.41) is 11.4. The minimum atomic E-state index is -1.52. The molecule has 2 aromatic rings. The number of carboxylic acids is 1. The number of nitrogens with one attached hydrogen (secondary N) is 1. The van der Waals surface area contributed by atoms with Crippen molar-refractivity contribution in [3.8, 4) is 5.75 Å². The molecule has 7 nitrogen and oxygen atoms in total. The van der Waals surface area contributed by atoms with Gasteiger partial charge in [-0.2, -0.15) is 0 Å². The summed E-state index contributed by atoms with van der Waals surface area (Å²) in [6, 6.07) is 9.68. The molecule has 0 bridgehead atoms. The second kappa shape index (κ2) is 8.30. The third-order valence-corrected chi connectivity index (χ3v) is 4.12. The molecule has 1 aromatic heterocycles. The van der Waals surface area contributed by atoms with Crippen molar-refractivity contribution in [1.82, 2.24) is 0 Å². The standard InChI is InChI=1S/C16H17NO6S/c1-2-22-13-6-4-3-5-12(13)17-15(18)10-24(21)9-11-7-8-14(23-11)16(19)20/h3-8H,2,9-10H2,1H3,(H,17,18)(H,19,20). The lowest BCUT2D eigenvalue weighted by Gasteiger charge is -2.10. The molecule has 0 aliphatic rings. The van der Waals surface area contributed by atoms with Gasteiger partial charge in [-0.05, 0) is 31.2 Å². The maximum absolute atomic E-state index is 12.0. The maximum atomic E-state index is 12.0. The van der Waals surface area contributed by atoms with Crippen LogP contribution in [0.25, 0.3) is 0 Å². The zero-order chi connectivity index (χ0) is 17.5. The first-order chi connectivity index (χ1) is 11.5. The highest BCUT2D eigenvalue weighted by atomic mass is 32.2. The van der Waals surface area contributed by atoms with E-state index < -0.39 is 22.7 Å². The van der Waals surface area contributed by atoms with Crippen LogP contribution in [-0.4, -0.2) is 33.6 Å². The highest BCUT2D eigenvalue weighted by Gasteiger charge is 2.15. The Balaban J connectivity index is 1.92. The van der Waals surface area contributed by atoms with Gasteiger partial charge in [0.25, 0.3) is 0 Å². The monoisotopic (exact) mass is 351 g/mol. The van der Waals surface area contributed by atoms with Gasteiger partial charge >= 0.3 is 5.97 Å². The van der Waals surface area contributed by atoms with Gasteiger partial charge in [-0.15, -0.1) is 0 Å². The highest BCUT2D eigenvalue weighted by molar-refractivity contribution is 7.84. The predicted octanol–water partition coefficient (Wildman–Crippen LogP) is 2.26. The van der Waals surface area contributed by atoms with Gasteiger partial charge in [0.05, 0.1) is 18.0 Å². The minimum absolute atomic E-state index is 0.0339. The number of furan rings is 1. The van der Waals surface area contributed by atoms with Gasteiger partial charge in [0.1, 0.15) is 17.3 Å². The van der Waals surface area contributed by atoms with Crippen molar-refractivity contribution in [1.29, 1.82) is 0 Å². The molecule has 2 N–H and O–H groups in total. The van der Waals surface area contributed by atoms with E-state index >= 15 is 0 Å². The van der Waals surface area contributed by atoms with Crippen LogP contribution in [-0.2, 0) is 21.3 Å². The van der Waals surface area contributed by atoms with Crippen LogP contribution in [0.5, 0.6) is 5.75 Å². The van der Waals surface area contributed by atoms with Crippen molar-refractivity contribution in [3.63, 3.8) is 0 Å². The summed E-state index contributed by atoms with van der Waals surface area (Å²) >= 11 is 0. The molecule has 0 aliphatic carbocycles. The Morgan fingerprint density at radius 3 is 2.67 bits per heavy atom. The molecule has 0 fully saturated rings. The third kappa shape index (κ3) is 4.95. The van der Waals surface area contributed by atoms with E-state index in [1.165, 1.54) is 12.1 Å². The first kappa shape index (κ1) is 17.7. The summed E-state index contributed by atoms with van der Waals surface area (Å²) in [4.78, 5) is 22.7. The molecule has 1 aromatic carbocycles. The number of carbonyl (C=O) groups excluding carboxylic acids is 1. The van der Waals surface area contributed by atoms with E-state index in [0.717, 1.165) is 0 Å². The van der Waals surface area contributed by atoms with Crippen LogP contribution in [0.15, 0.2) is 40.8 Å². The van der Waals surface area contributed by atoms with E-state index in [4.69, 9.17) is 14.3 Å². The Kier molecular flexibility index (Phi) is 6.14. The first-order valence-electron chi connectivity index (χ1n) is 7.18. The Morgan fingerprint density at radius 2 is 2.00 bits per heavy atom. The molecule has 0 spiro atoms. The van der Waals surface area contributed by atoms with Gasteiger partial charge in [0.2, 0.25) is 11.7 Å². The minimum Gasteiger partial charge on any atom is -0.492 e. The molecule has 1 heterocycles. The number of aromatic carboxylic acids is 1. The zero-order valence-electron chi connectivity index (χ0n) is 13.0. The number of hydrogen-bond donors (Lipinski definition) is 2. The number of benzene rings is 1. The topological polar surface area (TPSA) is 106 Å². The number of rotatable bonds is 8. The summed E-state index contributed by atoms with van der Waals surface area (Å²) in [5.41, 5.74) is 0.507. The Labute approximate surface area is 141 Å². The number of para-hydroxylation sites is 2. The maximum Gasteiger partial charge on any atom is 0.371 e. The molecule has 1 amide bonds. The van der Waals surface area contributed by atoms with Gasteiger partial charge in [-0.25, -0.2) is 4.79 Å². The third-order valence-electron chi connectivity index (χ3n) is 2.93. The van der Waals surface area contributed by atoms with Crippen molar-refractivity contribution < 1.29 is 28.1 Å². The van der Waals surface area contributed by atoms with Gasteiger partial charge in [-0.3, -0.25) is 9.00 Å². The average molecular weight is 351 g/mol. The summed E-state index contributed by atoms with van der Waals surface area (Å²) in [6.45, 7) is 2.30. The largest absolute Gasteiger partial charge is 0.492 e. The smallest absolute Gasteiger partial charge is 0.371 e. The Bertz CT molecular complexity index is 755. The van der Waals surface area contributed by atoms with Crippen molar-refractivity contribution >= 4 is 28.4 Å². The number of anilines is 1. The van der Waals surface area contributed by atoms with Crippen LogP contribution in [0.2, 0.25) is 0 Å². The molecule has 0 saturated heterocycles. The number of ether oxygens (including phenoxy) is 1. The lowest BCUT2D eigenvalue weighted by Crippen LogP contribution is -2.20. The Hall–Kier alpha value is -2.61. The van der Waals surface area contributed by atoms with Crippen molar-refractivity contribution in [2.24, 2.45) is 0 Å². The quantitative estimate of drug-likeness (QED) is 0.756. The molecule has 0 aliphatic heterocycles. The van der Waals surface area contributed by atoms with Gasteiger partial charge < -0.3 is 19.6 Å². The lowest BCUT2D eigenvalue weighted by molar-refractivity contribution is -0.113. The molecule has 1 atom stereocenters. The number of carboxylic acid groups (broad SMARTS) is 1. The van der Waals surface area contributed by atoms with E-state index in [1.54, 1.807) is 24.3 Å². The summed E-state index contributed by atoms with van der Waals surface area (Å²) in [5.74, 6) is -1.32. The van der Waals surface area contributed by atoms with Crippen LogP contribution in [0.3, 0.4) is 0 Å². The van der Waals surface area contributed by atoms with E-state index in [9.17, 15) is 13.8 Å². The number of hydrogen-bond acceptors (Lipinski definition) is 5. The molecular formula is C16H17NO6S. The summed E-state index contributed by atoms with van der Waals surface area (Å²) in [6.07, 6.45) is 0. The summed E-state index contributed by atoms with van der Waals surface area (Å²) in [7, 11) is -1.52. The fourth-order valence-electron chi connectivity index (χ4n) is 1.96. The zero-order valence-corrected chi connectivity index (χ0v) is 13.8. The normalized spacial score (nSPS) is 11.7. The van der Waals surface area contributed by atoms with Crippen molar-refractivity contribution in [3.05, 3.63) is 47.9 Å². The fraction of sp³-hybridized carbons (Fsp3) is 0.250. The molecule has 128 valence electrons. The van der Waals surface area contributed by atoms with E-state index in [1.807, 2.05) is 6.92 Å². The van der Waals surface area contributed by atoms with Crippen molar-refractivity contribution in [2.45, 2.75) is 12.7 Å². The Morgan fingerprint density at radius 1 is 1.25 bits per heavy atom. The average Bonchev–Trinajstić information content (AvgIpc) is 2.98. The molecule has 24 heavy (non-hydrogen) atoms. The predicted molar refractivity (Wildman–Crippen MR) is 88.6 cm³/mol. The fourth-order valence-corrected chi connectivity index (χ4v) is 2.90. The van der Waals surface area contributed by atoms with Gasteiger partial charge in [0.15, 0.2) is 0 Å². The SMILES string of the molecule is CCOc1ccccc1NC(=O)CS(=O)Cc1ccc(C(=O)O)o1. The second-order valence-corrected chi connectivity index (χ2v) is 6.23. The van der Waals surface area contributed by atoms with Crippen LogP contribution in [0, 0.1) is 0 Å². The number of amides is 1. The molecule has 0 saturated carbocycles. The van der Waals surface area contributed by atoms with E-state index in [-0.39, 0.29) is 23.0 Å². The lowest BCUT2D eigenvalue weighted by atomic mass is 10.3. The van der Waals surface area contributed by atoms with Crippen molar-refractivity contribution in [2.75, 3.05) is 17.7 Å². The van der Waals surface area contributed by atoms with Crippen LogP contribution in [0.4, 0.5) is 5.69 Å². The molecule has 1 unspecified atom stereocenters. The molecule has 2 rings (SSSR count). The van der Waals surface area contributed by atoms with Crippen LogP contribution < -0.4 is 10.1 Å². The summed E-state index contributed by atoms with van der Waals surface area (Å²) < 4.78 is 22.4. The van der Waals surface area contributed by atoms with Gasteiger partial charge in [0, 0.05) is 10.8 Å². The molecule has 8 heteroatoms. The van der Waals surface area contributed by atoms with Crippen LogP contribution >= 0.6 is 0 Å². The van der Waals surface area contributed by atoms with E-state index in [2.05, 4.69) is 5.32 Å². The molecular weight excluding hydrogens is 334 g/mol. The first-order valence-corrected chi connectivity index (χ1v) is 8.67.